The highest BCUT2D eigenvalue weighted by molar-refractivity contribution is 6.35. The number of aryl methyl sites for hydroxylation is 1. The van der Waals surface area contributed by atoms with Crippen LogP contribution in [0, 0.1) is 12.8 Å². The van der Waals surface area contributed by atoms with Crippen LogP contribution in [-0.4, -0.2) is 36.6 Å². The summed E-state index contributed by atoms with van der Waals surface area (Å²) in [5.41, 5.74) is 2.16. The maximum Gasteiger partial charge on any atom is 0.0643 e. The number of fused-ring (bicyclic) bond motifs is 1. The lowest BCUT2D eigenvalue weighted by Gasteiger charge is -2.47. The van der Waals surface area contributed by atoms with E-state index in [9.17, 15) is 0 Å². The third-order valence-electron chi connectivity index (χ3n) is 5.04. The molecule has 4 heteroatoms. The van der Waals surface area contributed by atoms with Crippen molar-refractivity contribution in [2.24, 2.45) is 5.92 Å². The van der Waals surface area contributed by atoms with E-state index in [1.165, 1.54) is 19.4 Å². The molecule has 2 heterocycles. The Morgan fingerprint density at radius 1 is 1.14 bits per heavy atom. The summed E-state index contributed by atoms with van der Waals surface area (Å²) in [4.78, 5) is 5.16. The van der Waals surface area contributed by atoms with E-state index in [1.54, 1.807) is 0 Å². The van der Waals surface area contributed by atoms with E-state index in [1.807, 2.05) is 13.0 Å². The molecule has 0 saturated carbocycles. The highest BCUT2D eigenvalue weighted by Gasteiger charge is 2.38. The summed E-state index contributed by atoms with van der Waals surface area (Å²) in [6, 6.07) is 5.24. The third-order valence-corrected chi connectivity index (χ3v) is 5.75. The van der Waals surface area contributed by atoms with E-state index in [4.69, 9.17) is 23.2 Å². The SMILES string of the molecule is Cc1cc(Cl)c(N2CC3CCCN3CC2C(C)C)cc1Cl. The minimum atomic E-state index is 0.510. The van der Waals surface area contributed by atoms with E-state index in [0.29, 0.717) is 18.0 Å². The number of benzene rings is 1. The van der Waals surface area contributed by atoms with E-state index in [-0.39, 0.29) is 0 Å². The van der Waals surface area contributed by atoms with E-state index < -0.39 is 0 Å². The van der Waals surface area contributed by atoms with Crippen LogP contribution in [0.5, 0.6) is 0 Å². The van der Waals surface area contributed by atoms with Crippen molar-refractivity contribution >= 4 is 28.9 Å². The molecule has 2 saturated heterocycles. The normalized spacial score (nSPS) is 26.5. The second kappa shape index (κ2) is 5.98. The summed E-state index contributed by atoms with van der Waals surface area (Å²) in [7, 11) is 0. The lowest BCUT2D eigenvalue weighted by atomic mass is 9.96. The molecule has 0 aliphatic carbocycles. The molecule has 0 spiro atoms. The Bertz CT molecular complexity index is 530. The number of rotatable bonds is 2. The largest absolute Gasteiger partial charge is 0.364 e. The predicted octanol–water partition coefficient (Wildman–Crippen LogP) is 4.61. The average Bonchev–Trinajstić information content (AvgIpc) is 2.88. The summed E-state index contributed by atoms with van der Waals surface area (Å²) >= 11 is 12.9. The Kier molecular flexibility index (Phi) is 4.40. The molecule has 2 unspecified atom stereocenters. The molecule has 2 aliphatic heterocycles. The number of nitrogens with zero attached hydrogens (tertiary/aromatic N) is 2. The lowest BCUT2D eigenvalue weighted by Crippen LogP contribution is -2.58. The van der Waals surface area contributed by atoms with Gasteiger partial charge >= 0.3 is 0 Å². The monoisotopic (exact) mass is 326 g/mol. The molecular formula is C17H24Cl2N2. The fourth-order valence-corrected chi connectivity index (χ4v) is 4.23. The molecule has 2 aliphatic rings. The topological polar surface area (TPSA) is 6.48 Å². The van der Waals surface area contributed by atoms with Crippen LogP contribution >= 0.6 is 23.2 Å². The smallest absolute Gasteiger partial charge is 0.0643 e. The number of piperazine rings is 1. The summed E-state index contributed by atoms with van der Waals surface area (Å²) < 4.78 is 0. The van der Waals surface area contributed by atoms with E-state index in [2.05, 4.69) is 29.7 Å². The zero-order valence-electron chi connectivity index (χ0n) is 13.1. The first-order chi connectivity index (χ1) is 9.97. The lowest BCUT2D eigenvalue weighted by molar-refractivity contribution is 0.176. The van der Waals surface area contributed by atoms with Gasteiger partial charge in [0.05, 0.1) is 10.7 Å². The van der Waals surface area contributed by atoms with Crippen LogP contribution in [0.1, 0.15) is 32.3 Å². The summed E-state index contributed by atoms with van der Waals surface area (Å²) in [6.07, 6.45) is 2.63. The fourth-order valence-electron chi connectivity index (χ4n) is 3.75. The predicted molar refractivity (Wildman–Crippen MR) is 91.8 cm³/mol. The van der Waals surface area contributed by atoms with Gasteiger partial charge in [0, 0.05) is 30.2 Å². The second-order valence-electron chi connectivity index (χ2n) is 6.81. The Labute approximate surface area is 138 Å². The molecule has 116 valence electrons. The zero-order valence-corrected chi connectivity index (χ0v) is 14.6. The van der Waals surface area contributed by atoms with Gasteiger partial charge < -0.3 is 4.90 Å². The summed E-state index contributed by atoms with van der Waals surface area (Å²) in [5.74, 6) is 0.600. The van der Waals surface area contributed by atoms with Gasteiger partial charge in [-0.05, 0) is 49.9 Å². The summed E-state index contributed by atoms with van der Waals surface area (Å²) in [6.45, 7) is 10.1. The van der Waals surface area contributed by atoms with Crippen LogP contribution in [-0.2, 0) is 0 Å². The molecular weight excluding hydrogens is 303 g/mol. The average molecular weight is 327 g/mol. The van der Waals surface area contributed by atoms with Crippen LogP contribution in [0.15, 0.2) is 12.1 Å². The van der Waals surface area contributed by atoms with E-state index in [0.717, 1.165) is 34.4 Å². The molecule has 0 bridgehead atoms. The zero-order chi connectivity index (χ0) is 15.1. The minimum absolute atomic E-state index is 0.510. The van der Waals surface area contributed by atoms with Crippen molar-refractivity contribution < 1.29 is 0 Å². The Morgan fingerprint density at radius 3 is 2.62 bits per heavy atom. The van der Waals surface area contributed by atoms with Crippen molar-refractivity contribution in [3.63, 3.8) is 0 Å². The Hall–Kier alpha value is -0.440. The van der Waals surface area contributed by atoms with E-state index >= 15 is 0 Å². The molecule has 2 atom stereocenters. The van der Waals surface area contributed by atoms with Gasteiger partial charge in [-0.25, -0.2) is 0 Å². The standard InChI is InChI=1S/C17H24Cl2N2/c1-11(2)17-10-20-6-4-5-13(20)9-21(17)16-8-14(18)12(3)7-15(16)19/h7-8,11,13,17H,4-6,9-10H2,1-3H3. The van der Waals surface area contributed by atoms with Gasteiger partial charge in [0.2, 0.25) is 0 Å². The molecule has 0 radical (unpaired) electrons. The van der Waals surface area contributed by atoms with Gasteiger partial charge in [-0.1, -0.05) is 37.0 Å². The number of hydrogen-bond acceptors (Lipinski definition) is 2. The maximum absolute atomic E-state index is 6.53. The van der Waals surface area contributed by atoms with Crippen molar-refractivity contribution in [1.29, 1.82) is 0 Å². The second-order valence-corrected chi connectivity index (χ2v) is 7.62. The molecule has 1 aromatic carbocycles. The van der Waals surface area contributed by atoms with Gasteiger partial charge in [0.1, 0.15) is 0 Å². The molecule has 21 heavy (non-hydrogen) atoms. The number of anilines is 1. The van der Waals surface area contributed by atoms with Crippen LogP contribution in [0.4, 0.5) is 5.69 Å². The first-order valence-electron chi connectivity index (χ1n) is 7.93. The molecule has 0 aromatic heterocycles. The fraction of sp³-hybridized carbons (Fsp3) is 0.647. The highest BCUT2D eigenvalue weighted by Crippen LogP contribution is 2.37. The quantitative estimate of drug-likeness (QED) is 0.782. The molecule has 2 nitrogen and oxygen atoms in total. The Morgan fingerprint density at radius 2 is 1.90 bits per heavy atom. The first-order valence-corrected chi connectivity index (χ1v) is 8.69. The van der Waals surface area contributed by atoms with Gasteiger partial charge in [-0.2, -0.15) is 0 Å². The minimum Gasteiger partial charge on any atom is -0.364 e. The van der Waals surface area contributed by atoms with Crippen LogP contribution < -0.4 is 4.90 Å². The van der Waals surface area contributed by atoms with Crippen LogP contribution in [0.25, 0.3) is 0 Å². The molecule has 0 N–H and O–H groups in total. The number of halogens is 2. The highest BCUT2D eigenvalue weighted by atomic mass is 35.5. The first kappa shape index (κ1) is 15.5. The van der Waals surface area contributed by atoms with Crippen molar-refractivity contribution in [2.75, 3.05) is 24.5 Å². The van der Waals surface area contributed by atoms with Gasteiger partial charge in [0.15, 0.2) is 0 Å². The van der Waals surface area contributed by atoms with Crippen LogP contribution in [0.3, 0.4) is 0 Å². The van der Waals surface area contributed by atoms with Crippen molar-refractivity contribution in [2.45, 2.75) is 45.7 Å². The summed E-state index contributed by atoms with van der Waals surface area (Å²) in [5, 5.41) is 1.64. The van der Waals surface area contributed by atoms with Crippen molar-refractivity contribution in [3.8, 4) is 0 Å². The van der Waals surface area contributed by atoms with Gasteiger partial charge in [0.25, 0.3) is 0 Å². The van der Waals surface area contributed by atoms with Crippen molar-refractivity contribution in [1.82, 2.24) is 4.90 Å². The molecule has 2 fully saturated rings. The third kappa shape index (κ3) is 2.91. The van der Waals surface area contributed by atoms with Gasteiger partial charge in [-0.3, -0.25) is 4.90 Å². The maximum atomic E-state index is 6.53. The number of hydrogen-bond donors (Lipinski definition) is 0. The van der Waals surface area contributed by atoms with Gasteiger partial charge in [-0.15, -0.1) is 0 Å². The molecule has 3 rings (SSSR count). The molecule has 0 amide bonds. The van der Waals surface area contributed by atoms with Crippen LogP contribution in [0.2, 0.25) is 10.0 Å². The molecule has 1 aromatic rings. The Balaban J connectivity index is 1.96. The van der Waals surface area contributed by atoms with Crippen molar-refractivity contribution in [3.05, 3.63) is 27.7 Å².